The van der Waals surface area contributed by atoms with Crippen LogP contribution in [0.5, 0.6) is 0 Å². The van der Waals surface area contributed by atoms with E-state index in [1.54, 1.807) is 0 Å². The molecule has 0 aromatic carbocycles. The Morgan fingerprint density at radius 1 is 1.57 bits per heavy atom. The highest BCUT2D eigenvalue weighted by molar-refractivity contribution is 5.78. The first-order chi connectivity index (χ1) is 6.72. The van der Waals surface area contributed by atoms with Crippen LogP contribution in [0.15, 0.2) is 0 Å². The highest BCUT2D eigenvalue weighted by Gasteiger charge is 2.10. The SMILES string of the molecule is CCOCCCNC(=O)C(C)CCN. The largest absolute Gasteiger partial charge is 0.382 e. The topological polar surface area (TPSA) is 64.3 Å². The molecule has 0 rings (SSSR count). The van der Waals surface area contributed by atoms with Gasteiger partial charge in [0.1, 0.15) is 0 Å². The highest BCUT2D eigenvalue weighted by Crippen LogP contribution is 1.99. The second-order valence-corrected chi connectivity index (χ2v) is 3.32. The van der Waals surface area contributed by atoms with Gasteiger partial charge in [0.05, 0.1) is 0 Å². The van der Waals surface area contributed by atoms with Crippen molar-refractivity contribution in [1.29, 1.82) is 0 Å². The smallest absolute Gasteiger partial charge is 0.222 e. The first-order valence-electron chi connectivity index (χ1n) is 5.27. The average molecular weight is 202 g/mol. The van der Waals surface area contributed by atoms with Crippen LogP contribution in [0.4, 0.5) is 0 Å². The number of hydrogen-bond donors (Lipinski definition) is 2. The lowest BCUT2D eigenvalue weighted by atomic mass is 10.1. The van der Waals surface area contributed by atoms with E-state index in [-0.39, 0.29) is 11.8 Å². The fourth-order valence-corrected chi connectivity index (χ4v) is 1.09. The predicted octanol–water partition coefficient (Wildman–Crippen LogP) is 0.514. The highest BCUT2D eigenvalue weighted by atomic mass is 16.5. The van der Waals surface area contributed by atoms with Gasteiger partial charge in [-0.25, -0.2) is 0 Å². The van der Waals surface area contributed by atoms with Gasteiger partial charge in [-0.1, -0.05) is 6.92 Å². The van der Waals surface area contributed by atoms with E-state index in [9.17, 15) is 4.79 Å². The number of nitrogens with one attached hydrogen (secondary N) is 1. The maximum Gasteiger partial charge on any atom is 0.222 e. The Kier molecular flexibility index (Phi) is 8.57. The molecule has 1 unspecified atom stereocenters. The summed E-state index contributed by atoms with van der Waals surface area (Å²) in [6.45, 7) is 6.55. The molecule has 1 amide bonds. The van der Waals surface area contributed by atoms with Crippen molar-refractivity contribution in [2.45, 2.75) is 26.7 Å². The zero-order valence-electron chi connectivity index (χ0n) is 9.21. The van der Waals surface area contributed by atoms with E-state index in [4.69, 9.17) is 10.5 Å². The number of hydrogen-bond acceptors (Lipinski definition) is 3. The van der Waals surface area contributed by atoms with Gasteiger partial charge in [0, 0.05) is 25.7 Å². The lowest BCUT2D eigenvalue weighted by molar-refractivity contribution is -0.124. The van der Waals surface area contributed by atoms with E-state index in [1.807, 2.05) is 13.8 Å². The van der Waals surface area contributed by atoms with Gasteiger partial charge in [-0.15, -0.1) is 0 Å². The Hall–Kier alpha value is -0.610. The zero-order valence-corrected chi connectivity index (χ0v) is 9.21. The molecule has 0 aromatic rings. The van der Waals surface area contributed by atoms with E-state index < -0.39 is 0 Å². The second-order valence-electron chi connectivity index (χ2n) is 3.32. The number of amides is 1. The van der Waals surface area contributed by atoms with Crippen molar-refractivity contribution in [1.82, 2.24) is 5.32 Å². The molecule has 0 aliphatic rings. The third-order valence-corrected chi connectivity index (χ3v) is 2.02. The van der Waals surface area contributed by atoms with Gasteiger partial charge in [-0.3, -0.25) is 4.79 Å². The first-order valence-corrected chi connectivity index (χ1v) is 5.27. The van der Waals surface area contributed by atoms with Gasteiger partial charge in [-0.2, -0.15) is 0 Å². The van der Waals surface area contributed by atoms with Crippen LogP contribution in [0, 0.1) is 5.92 Å². The quantitative estimate of drug-likeness (QED) is 0.564. The Balaban J connectivity index is 3.34. The number of nitrogens with two attached hydrogens (primary N) is 1. The monoisotopic (exact) mass is 202 g/mol. The van der Waals surface area contributed by atoms with Crippen LogP contribution in [-0.4, -0.2) is 32.2 Å². The third kappa shape index (κ3) is 6.86. The van der Waals surface area contributed by atoms with Gasteiger partial charge < -0.3 is 15.8 Å². The van der Waals surface area contributed by atoms with Crippen molar-refractivity contribution in [3.8, 4) is 0 Å². The summed E-state index contributed by atoms with van der Waals surface area (Å²) in [6, 6.07) is 0. The molecule has 0 heterocycles. The van der Waals surface area contributed by atoms with Crippen LogP contribution in [0.25, 0.3) is 0 Å². The van der Waals surface area contributed by atoms with Crippen LogP contribution in [-0.2, 0) is 9.53 Å². The van der Waals surface area contributed by atoms with E-state index in [0.717, 1.165) is 19.4 Å². The summed E-state index contributed by atoms with van der Waals surface area (Å²) in [5, 5.41) is 2.85. The molecule has 0 spiro atoms. The van der Waals surface area contributed by atoms with Crippen molar-refractivity contribution < 1.29 is 9.53 Å². The van der Waals surface area contributed by atoms with Crippen molar-refractivity contribution in [3.63, 3.8) is 0 Å². The van der Waals surface area contributed by atoms with E-state index in [0.29, 0.717) is 19.7 Å². The summed E-state index contributed by atoms with van der Waals surface area (Å²) in [5.41, 5.74) is 5.36. The van der Waals surface area contributed by atoms with Gasteiger partial charge >= 0.3 is 0 Å². The third-order valence-electron chi connectivity index (χ3n) is 2.02. The first kappa shape index (κ1) is 13.4. The van der Waals surface area contributed by atoms with Crippen LogP contribution in [0.3, 0.4) is 0 Å². The molecule has 4 heteroatoms. The van der Waals surface area contributed by atoms with Crippen molar-refractivity contribution in [2.75, 3.05) is 26.3 Å². The fourth-order valence-electron chi connectivity index (χ4n) is 1.09. The minimum Gasteiger partial charge on any atom is -0.382 e. The molecule has 0 aromatic heterocycles. The number of carbonyl (C=O) groups excluding carboxylic acids is 1. The van der Waals surface area contributed by atoms with E-state index in [2.05, 4.69) is 5.32 Å². The summed E-state index contributed by atoms with van der Waals surface area (Å²) in [6.07, 6.45) is 1.62. The molecule has 4 nitrogen and oxygen atoms in total. The lowest BCUT2D eigenvalue weighted by Crippen LogP contribution is -2.31. The molecule has 0 aliphatic carbocycles. The Labute approximate surface area is 86.2 Å². The van der Waals surface area contributed by atoms with Crippen molar-refractivity contribution in [3.05, 3.63) is 0 Å². The van der Waals surface area contributed by atoms with Gasteiger partial charge in [0.15, 0.2) is 0 Å². The fraction of sp³-hybridized carbons (Fsp3) is 0.900. The summed E-state index contributed by atoms with van der Waals surface area (Å²) >= 11 is 0. The standard InChI is InChI=1S/C10H22N2O2/c1-3-14-8-4-7-12-10(13)9(2)5-6-11/h9H,3-8,11H2,1-2H3,(H,12,13). The Bertz CT molecular complexity index is 151. The molecule has 0 aliphatic heterocycles. The molecule has 0 saturated carbocycles. The molecule has 0 fully saturated rings. The zero-order chi connectivity index (χ0) is 10.8. The number of rotatable bonds is 8. The Morgan fingerprint density at radius 3 is 2.86 bits per heavy atom. The molecular formula is C10H22N2O2. The predicted molar refractivity (Wildman–Crippen MR) is 57.0 cm³/mol. The van der Waals surface area contributed by atoms with E-state index >= 15 is 0 Å². The molecule has 84 valence electrons. The van der Waals surface area contributed by atoms with Gasteiger partial charge in [0.2, 0.25) is 5.91 Å². The minimum absolute atomic E-state index is 0.0205. The van der Waals surface area contributed by atoms with Crippen LogP contribution in [0.1, 0.15) is 26.7 Å². The molecule has 0 saturated heterocycles. The molecular weight excluding hydrogens is 180 g/mol. The second kappa shape index (κ2) is 8.97. The van der Waals surface area contributed by atoms with Crippen LogP contribution >= 0.6 is 0 Å². The molecule has 14 heavy (non-hydrogen) atoms. The molecule has 3 N–H and O–H groups in total. The van der Waals surface area contributed by atoms with Crippen LogP contribution in [0.2, 0.25) is 0 Å². The lowest BCUT2D eigenvalue weighted by Gasteiger charge is -2.10. The van der Waals surface area contributed by atoms with Crippen LogP contribution < -0.4 is 11.1 Å². The molecule has 1 atom stereocenters. The average Bonchev–Trinajstić information content (AvgIpc) is 2.17. The number of ether oxygens (including phenoxy) is 1. The van der Waals surface area contributed by atoms with Gasteiger partial charge in [-0.05, 0) is 26.3 Å². The maximum absolute atomic E-state index is 11.4. The number of carbonyl (C=O) groups is 1. The van der Waals surface area contributed by atoms with Crippen molar-refractivity contribution in [2.24, 2.45) is 11.7 Å². The maximum atomic E-state index is 11.4. The Morgan fingerprint density at radius 2 is 2.29 bits per heavy atom. The summed E-state index contributed by atoms with van der Waals surface area (Å²) in [5.74, 6) is 0.110. The molecule has 0 radical (unpaired) electrons. The summed E-state index contributed by atoms with van der Waals surface area (Å²) < 4.78 is 5.15. The summed E-state index contributed by atoms with van der Waals surface area (Å²) in [4.78, 5) is 11.4. The normalized spacial score (nSPS) is 12.5. The minimum atomic E-state index is 0.0205. The molecule has 0 bridgehead atoms. The van der Waals surface area contributed by atoms with Gasteiger partial charge in [0.25, 0.3) is 0 Å². The van der Waals surface area contributed by atoms with Crippen molar-refractivity contribution >= 4 is 5.91 Å². The summed E-state index contributed by atoms with van der Waals surface area (Å²) in [7, 11) is 0. The van der Waals surface area contributed by atoms with E-state index in [1.165, 1.54) is 0 Å².